The summed E-state index contributed by atoms with van der Waals surface area (Å²) in [4.78, 5) is 2.02. The van der Waals surface area contributed by atoms with Crippen molar-refractivity contribution in [3.05, 3.63) is 0 Å². The molecule has 0 saturated heterocycles. The number of ether oxygens (including phenoxy) is 1. The Kier molecular flexibility index (Phi) is 4.72. The summed E-state index contributed by atoms with van der Waals surface area (Å²) in [5.41, 5.74) is 0. The van der Waals surface area contributed by atoms with Crippen LogP contribution in [0.2, 0.25) is 0 Å². The van der Waals surface area contributed by atoms with E-state index in [0.717, 1.165) is 13.3 Å². The van der Waals surface area contributed by atoms with Crippen LogP contribution < -0.4 is 0 Å². The smallest absolute Gasteiger partial charge is 0.0985 e. The second-order valence-electron chi connectivity index (χ2n) is 2.97. The zero-order valence-corrected chi connectivity index (χ0v) is 6.85. The Hall–Kier alpha value is -0.0800. The van der Waals surface area contributed by atoms with Gasteiger partial charge in [-0.2, -0.15) is 0 Å². The second-order valence-corrected chi connectivity index (χ2v) is 2.97. The average molecular weight is 131 g/mol. The van der Waals surface area contributed by atoms with E-state index in [0.29, 0.717) is 5.92 Å². The van der Waals surface area contributed by atoms with Gasteiger partial charge in [-0.3, -0.25) is 4.90 Å². The molecule has 0 saturated carbocycles. The predicted molar refractivity (Wildman–Crippen MR) is 39.3 cm³/mol. The molecule has 0 aliphatic rings. The Bertz CT molecular complexity index is 53.9. The van der Waals surface area contributed by atoms with Crippen LogP contribution in [0.15, 0.2) is 0 Å². The fraction of sp³-hybridized carbons (Fsp3) is 1.00. The molecule has 0 N–H and O–H groups in total. The molecule has 0 atom stereocenters. The monoisotopic (exact) mass is 131 g/mol. The molecule has 0 rings (SSSR count). The van der Waals surface area contributed by atoms with E-state index in [1.165, 1.54) is 0 Å². The van der Waals surface area contributed by atoms with Crippen molar-refractivity contribution in [1.29, 1.82) is 0 Å². The molecule has 0 amide bonds. The quantitative estimate of drug-likeness (QED) is 0.531. The zero-order valence-electron chi connectivity index (χ0n) is 6.85. The van der Waals surface area contributed by atoms with Gasteiger partial charge in [0.15, 0.2) is 0 Å². The van der Waals surface area contributed by atoms with Crippen LogP contribution >= 0.6 is 0 Å². The van der Waals surface area contributed by atoms with Gasteiger partial charge in [0.2, 0.25) is 0 Å². The van der Waals surface area contributed by atoms with Crippen molar-refractivity contribution < 1.29 is 4.74 Å². The molecule has 0 heterocycles. The maximum Gasteiger partial charge on any atom is 0.0985 e. The molecular weight excluding hydrogens is 114 g/mol. The van der Waals surface area contributed by atoms with Crippen molar-refractivity contribution >= 4 is 0 Å². The topological polar surface area (TPSA) is 12.5 Å². The van der Waals surface area contributed by atoms with Gasteiger partial charge < -0.3 is 4.74 Å². The molecule has 0 aromatic rings. The van der Waals surface area contributed by atoms with Gasteiger partial charge in [-0.25, -0.2) is 0 Å². The highest BCUT2D eigenvalue weighted by molar-refractivity contribution is 4.38. The Labute approximate surface area is 57.8 Å². The van der Waals surface area contributed by atoms with Gasteiger partial charge in [-0.05, 0) is 20.0 Å². The first kappa shape index (κ1) is 8.92. The third-order valence-electron chi connectivity index (χ3n) is 0.801. The lowest BCUT2D eigenvalue weighted by molar-refractivity contribution is 0.0406. The lowest BCUT2D eigenvalue weighted by Gasteiger charge is -2.11. The van der Waals surface area contributed by atoms with Gasteiger partial charge in [0.05, 0.1) is 13.3 Å². The fourth-order valence-electron chi connectivity index (χ4n) is 0.471. The zero-order chi connectivity index (χ0) is 7.28. The third kappa shape index (κ3) is 7.92. The molecule has 0 aromatic carbocycles. The molecular formula is C7H17NO. The van der Waals surface area contributed by atoms with Gasteiger partial charge in [0.25, 0.3) is 0 Å². The van der Waals surface area contributed by atoms with Crippen molar-refractivity contribution in [3.63, 3.8) is 0 Å². The van der Waals surface area contributed by atoms with Gasteiger partial charge >= 0.3 is 0 Å². The minimum atomic E-state index is 0.643. The van der Waals surface area contributed by atoms with E-state index in [4.69, 9.17) is 4.74 Å². The molecule has 0 aromatic heterocycles. The van der Waals surface area contributed by atoms with Crippen LogP contribution in [0.25, 0.3) is 0 Å². The van der Waals surface area contributed by atoms with Crippen LogP contribution in [0.1, 0.15) is 13.8 Å². The molecule has 0 bridgehead atoms. The van der Waals surface area contributed by atoms with Crippen LogP contribution in [-0.4, -0.2) is 32.3 Å². The molecule has 0 fully saturated rings. The van der Waals surface area contributed by atoms with Crippen molar-refractivity contribution in [3.8, 4) is 0 Å². The summed E-state index contributed by atoms with van der Waals surface area (Å²) in [6, 6.07) is 0. The summed E-state index contributed by atoms with van der Waals surface area (Å²) >= 11 is 0. The summed E-state index contributed by atoms with van der Waals surface area (Å²) in [6.07, 6.45) is 0. The number of nitrogens with zero attached hydrogens (tertiary/aromatic N) is 1. The lowest BCUT2D eigenvalue weighted by atomic mass is 10.2. The predicted octanol–water partition coefficient (Wildman–Crippen LogP) is 1.18. The Balaban J connectivity index is 2.91. The molecule has 56 valence electrons. The standard InChI is InChI=1S/C7H17NO/c1-7(2)5-9-6-8(3)4/h7H,5-6H2,1-4H3. The van der Waals surface area contributed by atoms with Crippen molar-refractivity contribution in [2.75, 3.05) is 27.4 Å². The van der Waals surface area contributed by atoms with Crippen LogP contribution in [0.4, 0.5) is 0 Å². The summed E-state index contributed by atoms with van der Waals surface area (Å²) in [5.74, 6) is 0.643. The fourth-order valence-corrected chi connectivity index (χ4v) is 0.471. The molecule has 0 unspecified atom stereocenters. The van der Waals surface area contributed by atoms with E-state index in [-0.39, 0.29) is 0 Å². The number of hydrogen-bond acceptors (Lipinski definition) is 2. The minimum absolute atomic E-state index is 0.643. The van der Waals surface area contributed by atoms with Crippen LogP contribution in [0.5, 0.6) is 0 Å². The average Bonchev–Trinajstić information content (AvgIpc) is 1.63. The van der Waals surface area contributed by atoms with Crippen molar-refractivity contribution in [2.24, 2.45) is 5.92 Å². The highest BCUT2D eigenvalue weighted by Crippen LogP contribution is 1.91. The van der Waals surface area contributed by atoms with Crippen molar-refractivity contribution in [2.45, 2.75) is 13.8 Å². The van der Waals surface area contributed by atoms with E-state index in [9.17, 15) is 0 Å². The first-order valence-corrected chi connectivity index (χ1v) is 3.35. The third-order valence-corrected chi connectivity index (χ3v) is 0.801. The van der Waals surface area contributed by atoms with Crippen LogP contribution in [0, 0.1) is 5.92 Å². The van der Waals surface area contributed by atoms with Crippen LogP contribution in [-0.2, 0) is 4.74 Å². The molecule has 2 nitrogen and oxygen atoms in total. The Morgan fingerprint density at radius 2 is 1.89 bits per heavy atom. The van der Waals surface area contributed by atoms with E-state index in [1.54, 1.807) is 0 Å². The maximum atomic E-state index is 5.28. The first-order chi connectivity index (χ1) is 4.13. The minimum Gasteiger partial charge on any atom is -0.366 e. The van der Waals surface area contributed by atoms with Gasteiger partial charge in [-0.15, -0.1) is 0 Å². The molecule has 2 heteroatoms. The molecule has 0 radical (unpaired) electrons. The number of rotatable bonds is 4. The Morgan fingerprint density at radius 1 is 1.33 bits per heavy atom. The molecule has 9 heavy (non-hydrogen) atoms. The van der Waals surface area contributed by atoms with Gasteiger partial charge in [0.1, 0.15) is 0 Å². The highest BCUT2D eigenvalue weighted by atomic mass is 16.5. The van der Waals surface area contributed by atoms with Gasteiger partial charge in [-0.1, -0.05) is 13.8 Å². The van der Waals surface area contributed by atoms with Crippen LogP contribution in [0.3, 0.4) is 0 Å². The first-order valence-electron chi connectivity index (χ1n) is 3.35. The normalized spacial score (nSPS) is 11.3. The summed E-state index contributed by atoms with van der Waals surface area (Å²) in [5, 5.41) is 0. The van der Waals surface area contributed by atoms with E-state index in [2.05, 4.69) is 13.8 Å². The summed E-state index contributed by atoms with van der Waals surface area (Å²) in [6.45, 7) is 5.89. The molecule has 0 aliphatic heterocycles. The highest BCUT2D eigenvalue weighted by Gasteiger charge is 1.93. The maximum absolute atomic E-state index is 5.28. The second kappa shape index (κ2) is 4.77. The van der Waals surface area contributed by atoms with Gasteiger partial charge in [0, 0.05) is 0 Å². The van der Waals surface area contributed by atoms with E-state index >= 15 is 0 Å². The number of hydrogen-bond donors (Lipinski definition) is 0. The summed E-state index contributed by atoms with van der Waals surface area (Å²) in [7, 11) is 4.00. The molecule has 0 spiro atoms. The van der Waals surface area contributed by atoms with E-state index < -0.39 is 0 Å². The van der Waals surface area contributed by atoms with Crippen molar-refractivity contribution in [1.82, 2.24) is 4.90 Å². The summed E-state index contributed by atoms with van der Waals surface area (Å²) < 4.78 is 5.28. The lowest BCUT2D eigenvalue weighted by Crippen LogP contribution is -2.17. The SMILES string of the molecule is CC(C)COCN(C)C. The largest absolute Gasteiger partial charge is 0.366 e. The van der Waals surface area contributed by atoms with E-state index in [1.807, 2.05) is 19.0 Å². The Morgan fingerprint density at radius 3 is 2.22 bits per heavy atom. The molecule has 0 aliphatic carbocycles.